The van der Waals surface area contributed by atoms with Crippen molar-refractivity contribution in [3.63, 3.8) is 0 Å². The molecule has 3 nitrogen and oxygen atoms in total. The number of H-pyrrole nitrogens is 1. The molecule has 11 heavy (non-hydrogen) atoms. The molecule has 1 rings (SSSR count). The van der Waals surface area contributed by atoms with Gasteiger partial charge in [0.15, 0.2) is 0 Å². The zero-order chi connectivity index (χ0) is 8.10. The lowest BCUT2D eigenvalue weighted by Gasteiger charge is -1.87. The average Bonchev–Trinajstić information content (AvgIpc) is 2.07. The van der Waals surface area contributed by atoms with Gasteiger partial charge in [0, 0.05) is 24.3 Å². The van der Waals surface area contributed by atoms with Gasteiger partial charge in [0.1, 0.15) is 0 Å². The smallest absolute Gasteiger partial charge is 0.0475 e. The van der Waals surface area contributed by atoms with Crippen molar-refractivity contribution < 1.29 is 0 Å². The Labute approximate surface area is 65.8 Å². The van der Waals surface area contributed by atoms with Crippen molar-refractivity contribution in [2.24, 2.45) is 0 Å². The van der Waals surface area contributed by atoms with Crippen molar-refractivity contribution in [1.82, 2.24) is 15.2 Å². The van der Waals surface area contributed by atoms with Gasteiger partial charge >= 0.3 is 0 Å². The first-order valence-corrected chi connectivity index (χ1v) is 3.46. The van der Waals surface area contributed by atoms with E-state index in [0.717, 1.165) is 11.3 Å². The number of hydrogen-bond donors (Lipinski definition) is 1. The van der Waals surface area contributed by atoms with Gasteiger partial charge in [-0.3, -0.25) is 10.1 Å². The van der Waals surface area contributed by atoms with E-state index in [1.165, 1.54) is 0 Å². The maximum absolute atomic E-state index is 4.15. The van der Waals surface area contributed by atoms with E-state index in [9.17, 15) is 0 Å². The lowest BCUT2D eigenvalue weighted by atomic mass is 10.3. The van der Waals surface area contributed by atoms with Crippen LogP contribution in [0.1, 0.15) is 11.3 Å². The van der Waals surface area contributed by atoms with Crippen LogP contribution < -0.4 is 0 Å². The van der Waals surface area contributed by atoms with E-state index in [2.05, 4.69) is 15.2 Å². The highest BCUT2D eigenvalue weighted by molar-refractivity contribution is 5.11. The molecule has 0 spiro atoms. The van der Waals surface area contributed by atoms with Crippen LogP contribution in [0.3, 0.4) is 0 Å². The van der Waals surface area contributed by atoms with Crippen LogP contribution in [0, 0.1) is 13.8 Å². The van der Waals surface area contributed by atoms with Gasteiger partial charge in [-0.15, -0.1) is 0 Å². The Morgan fingerprint density at radius 3 is 2.91 bits per heavy atom. The standard InChI is InChI=1S/C8H11N3/c1-7-3-4-10-11-6-5-9-8(7)2/h3-6,11H,1-2H3. The molecule has 0 bridgehead atoms. The lowest BCUT2D eigenvalue weighted by molar-refractivity contribution is 1.04. The second-order valence-electron chi connectivity index (χ2n) is 2.29. The molecule has 0 amide bonds. The zero-order valence-electron chi connectivity index (χ0n) is 6.70. The molecule has 1 aromatic rings. The summed E-state index contributed by atoms with van der Waals surface area (Å²) < 4.78 is 0. The fourth-order valence-electron chi connectivity index (χ4n) is 0.640. The SMILES string of the molecule is Cc1ccn[nH]ccnc1C. The number of aromatic nitrogens is 3. The van der Waals surface area contributed by atoms with Gasteiger partial charge in [-0.1, -0.05) is 0 Å². The monoisotopic (exact) mass is 149 g/mol. The highest BCUT2D eigenvalue weighted by Crippen LogP contribution is 1.95. The van der Waals surface area contributed by atoms with Gasteiger partial charge in [-0.2, -0.15) is 5.10 Å². The molecule has 3 heteroatoms. The van der Waals surface area contributed by atoms with Crippen molar-refractivity contribution in [2.75, 3.05) is 0 Å². The van der Waals surface area contributed by atoms with E-state index in [0.29, 0.717) is 0 Å². The quantitative estimate of drug-likeness (QED) is 0.608. The zero-order valence-corrected chi connectivity index (χ0v) is 6.70. The molecule has 58 valence electrons. The maximum Gasteiger partial charge on any atom is 0.0475 e. The third kappa shape index (κ3) is 2.37. The topological polar surface area (TPSA) is 41.6 Å². The highest BCUT2D eigenvalue weighted by atomic mass is 15.1. The number of nitrogens with one attached hydrogen (secondary N) is 1. The molecule has 0 aliphatic rings. The molecule has 0 saturated heterocycles. The van der Waals surface area contributed by atoms with Gasteiger partial charge < -0.3 is 0 Å². The minimum absolute atomic E-state index is 1.01. The second kappa shape index (κ2) is 3.71. The lowest BCUT2D eigenvalue weighted by Crippen LogP contribution is -1.77. The first-order chi connectivity index (χ1) is 5.30. The van der Waals surface area contributed by atoms with E-state index < -0.39 is 0 Å². The molecule has 0 fully saturated rings. The Balaban J connectivity index is 3.28. The molecule has 0 aromatic carbocycles. The van der Waals surface area contributed by atoms with Crippen molar-refractivity contribution in [3.05, 3.63) is 35.9 Å². The predicted molar refractivity (Wildman–Crippen MR) is 43.5 cm³/mol. The van der Waals surface area contributed by atoms with Gasteiger partial charge in [-0.05, 0) is 25.5 Å². The third-order valence-corrected chi connectivity index (χ3v) is 1.46. The van der Waals surface area contributed by atoms with Crippen molar-refractivity contribution in [3.8, 4) is 0 Å². The van der Waals surface area contributed by atoms with E-state index in [1.54, 1.807) is 18.6 Å². The summed E-state index contributed by atoms with van der Waals surface area (Å²) in [7, 11) is 0. The predicted octanol–water partition coefficient (Wildman–Crippen LogP) is 1.55. The average molecular weight is 149 g/mol. The molecule has 0 radical (unpaired) electrons. The largest absolute Gasteiger partial charge is 0.284 e. The van der Waals surface area contributed by atoms with Crippen molar-refractivity contribution in [2.45, 2.75) is 13.8 Å². The minimum atomic E-state index is 1.01. The summed E-state index contributed by atoms with van der Waals surface area (Å²) in [6.45, 7) is 3.97. The first kappa shape index (κ1) is 7.72. The van der Waals surface area contributed by atoms with Crippen LogP contribution in [0.15, 0.2) is 24.7 Å². The number of rotatable bonds is 0. The van der Waals surface area contributed by atoms with E-state index in [4.69, 9.17) is 0 Å². The Morgan fingerprint density at radius 2 is 2.09 bits per heavy atom. The third-order valence-electron chi connectivity index (χ3n) is 1.46. The number of nitrogens with zero attached hydrogens (tertiary/aromatic N) is 2. The summed E-state index contributed by atoms with van der Waals surface area (Å²) in [5.74, 6) is 0. The summed E-state index contributed by atoms with van der Waals surface area (Å²) in [5.41, 5.74) is 2.14. The molecule has 1 heterocycles. The van der Waals surface area contributed by atoms with Crippen LogP contribution in [0.25, 0.3) is 0 Å². The molecule has 0 saturated carbocycles. The second-order valence-corrected chi connectivity index (χ2v) is 2.29. The number of aryl methyl sites for hydroxylation is 2. The summed E-state index contributed by atoms with van der Waals surface area (Å²) in [6.07, 6.45) is 5.09. The Kier molecular flexibility index (Phi) is 2.60. The van der Waals surface area contributed by atoms with Crippen LogP contribution >= 0.6 is 0 Å². The van der Waals surface area contributed by atoms with E-state index in [-0.39, 0.29) is 0 Å². The van der Waals surface area contributed by atoms with Gasteiger partial charge in [0.05, 0.1) is 0 Å². The molecule has 1 N–H and O–H groups in total. The fourth-order valence-corrected chi connectivity index (χ4v) is 0.640. The molecule has 0 aliphatic heterocycles. The van der Waals surface area contributed by atoms with E-state index >= 15 is 0 Å². The molecule has 1 aromatic heterocycles. The summed E-state index contributed by atoms with van der Waals surface area (Å²) >= 11 is 0. The molecular formula is C8H11N3. The molecule has 0 atom stereocenters. The van der Waals surface area contributed by atoms with E-state index in [1.807, 2.05) is 19.9 Å². The van der Waals surface area contributed by atoms with Crippen LogP contribution in [0.2, 0.25) is 0 Å². The Morgan fingerprint density at radius 1 is 1.27 bits per heavy atom. The first-order valence-electron chi connectivity index (χ1n) is 3.46. The van der Waals surface area contributed by atoms with Gasteiger partial charge in [-0.25, -0.2) is 0 Å². The van der Waals surface area contributed by atoms with Crippen molar-refractivity contribution >= 4 is 0 Å². The molecular weight excluding hydrogens is 138 g/mol. The van der Waals surface area contributed by atoms with Crippen LogP contribution in [-0.4, -0.2) is 15.2 Å². The normalized spacial score (nSPS) is 8.91. The summed E-state index contributed by atoms with van der Waals surface area (Å²) in [5, 5.41) is 6.57. The molecule has 0 unspecified atom stereocenters. The fraction of sp³-hybridized carbons (Fsp3) is 0.250. The number of hydrogen-bond acceptors (Lipinski definition) is 2. The number of aromatic amines is 1. The summed E-state index contributed by atoms with van der Waals surface area (Å²) in [6, 6.07) is 1.92. The Bertz CT molecular complexity index is 250. The highest BCUT2D eigenvalue weighted by Gasteiger charge is 1.83. The minimum Gasteiger partial charge on any atom is -0.284 e. The molecule has 0 aliphatic carbocycles. The van der Waals surface area contributed by atoms with Crippen LogP contribution in [-0.2, 0) is 0 Å². The Hall–Kier alpha value is -1.38. The van der Waals surface area contributed by atoms with Gasteiger partial charge in [0.25, 0.3) is 0 Å². The van der Waals surface area contributed by atoms with Crippen LogP contribution in [0.5, 0.6) is 0 Å². The van der Waals surface area contributed by atoms with Crippen molar-refractivity contribution in [1.29, 1.82) is 0 Å². The summed E-state index contributed by atoms with van der Waals surface area (Å²) in [4.78, 5) is 4.15. The maximum atomic E-state index is 4.15. The van der Waals surface area contributed by atoms with Gasteiger partial charge in [0.2, 0.25) is 0 Å². The van der Waals surface area contributed by atoms with Crippen LogP contribution in [0.4, 0.5) is 0 Å².